The molecular weight excluding hydrogens is 244 g/mol. The number of nitrogens with zero attached hydrogens (tertiary/aromatic N) is 1. The minimum atomic E-state index is -0.483. The second-order valence-corrected chi connectivity index (χ2v) is 5.15. The lowest BCUT2D eigenvalue weighted by Gasteiger charge is -2.32. The van der Waals surface area contributed by atoms with Gasteiger partial charge >= 0.3 is 0 Å². The third kappa shape index (κ3) is 1.65. The fraction of sp³-hybridized carbons (Fsp3) is 0.429. The number of carbonyl (C=O) groups excluding carboxylic acids is 2. The van der Waals surface area contributed by atoms with Gasteiger partial charge in [-0.3, -0.25) is 9.59 Å². The molecule has 19 heavy (non-hydrogen) atoms. The molecule has 5 nitrogen and oxygen atoms in total. The average molecular weight is 260 g/mol. The minimum absolute atomic E-state index is 0.268. The Morgan fingerprint density at radius 1 is 1.16 bits per heavy atom. The average Bonchev–Trinajstić information content (AvgIpc) is 2.83. The van der Waals surface area contributed by atoms with Crippen LogP contribution >= 0.6 is 0 Å². The van der Waals surface area contributed by atoms with E-state index in [1.807, 2.05) is 19.9 Å². The molecule has 3 rings (SSSR count). The lowest BCUT2D eigenvalue weighted by Crippen LogP contribution is -2.52. The maximum atomic E-state index is 12.3. The summed E-state index contributed by atoms with van der Waals surface area (Å²) in [4.78, 5) is 26.0. The number of fused-ring (bicyclic) bond motifs is 2. The van der Waals surface area contributed by atoms with Crippen molar-refractivity contribution in [1.82, 2.24) is 0 Å². The second kappa shape index (κ2) is 4.06. The summed E-state index contributed by atoms with van der Waals surface area (Å²) < 4.78 is 5.41. The van der Waals surface area contributed by atoms with Crippen molar-refractivity contribution >= 4 is 23.2 Å². The summed E-state index contributed by atoms with van der Waals surface area (Å²) in [5.74, 6) is -0.536. The molecule has 2 unspecified atom stereocenters. The Hall–Kier alpha value is -1.88. The Morgan fingerprint density at radius 3 is 2.32 bits per heavy atom. The second-order valence-electron chi connectivity index (χ2n) is 5.15. The van der Waals surface area contributed by atoms with Crippen LogP contribution < -0.4 is 10.6 Å². The van der Waals surface area contributed by atoms with Gasteiger partial charge in [0.15, 0.2) is 0 Å². The number of benzene rings is 1. The van der Waals surface area contributed by atoms with E-state index in [4.69, 9.17) is 10.5 Å². The topological polar surface area (TPSA) is 72.6 Å². The zero-order valence-corrected chi connectivity index (χ0v) is 11.0. The van der Waals surface area contributed by atoms with Crippen LogP contribution in [0.3, 0.4) is 0 Å². The first-order valence-electron chi connectivity index (χ1n) is 6.39. The summed E-state index contributed by atoms with van der Waals surface area (Å²) in [6, 6.07) is 3.62. The SMILES string of the molecule is Cc1ccc(N)c(C)c1N1C(=O)C2CCC(O2)C1=O. The molecule has 2 saturated heterocycles. The lowest BCUT2D eigenvalue weighted by molar-refractivity contribution is -0.146. The number of ether oxygens (including phenoxy) is 1. The highest BCUT2D eigenvalue weighted by molar-refractivity contribution is 6.20. The quantitative estimate of drug-likeness (QED) is 0.610. The third-order valence-corrected chi connectivity index (χ3v) is 3.91. The van der Waals surface area contributed by atoms with Crippen molar-refractivity contribution in [2.75, 3.05) is 10.6 Å². The number of anilines is 2. The van der Waals surface area contributed by atoms with E-state index in [0.29, 0.717) is 24.2 Å². The Labute approximate surface area is 111 Å². The van der Waals surface area contributed by atoms with E-state index >= 15 is 0 Å². The van der Waals surface area contributed by atoms with Crippen molar-refractivity contribution in [3.63, 3.8) is 0 Å². The van der Waals surface area contributed by atoms with Crippen molar-refractivity contribution in [2.45, 2.75) is 38.9 Å². The number of nitrogens with two attached hydrogens (primary N) is 1. The molecule has 2 aliphatic rings. The third-order valence-electron chi connectivity index (χ3n) is 3.91. The lowest BCUT2D eigenvalue weighted by atomic mass is 10.0. The fourth-order valence-corrected chi connectivity index (χ4v) is 2.81. The van der Waals surface area contributed by atoms with Crippen LogP contribution in [0.25, 0.3) is 0 Å². The van der Waals surface area contributed by atoms with E-state index < -0.39 is 12.2 Å². The monoisotopic (exact) mass is 260 g/mol. The number of morpholine rings is 1. The van der Waals surface area contributed by atoms with Gasteiger partial charge in [0.1, 0.15) is 12.2 Å². The van der Waals surface area contributed by atoms with Crippen LogP contribution in [-0.2, 0) is 14.3 Å². The van der Waals surface area contributed by atoms with Crippen molar-refractivity contribution in [3.8, 4) is 0 Å². The largest absolute Gasteiger partial charge is 0.398 e. The molecule has 0 radical (unpaired) electrons. The molecule has 1 aromatic rings. The maximum Gasteiger partial charge on any atom is 0.263 e. The normalized spacial score (nSPS) is 26.1. The highest BCUT2D eigenvalue weighted by atomic mass is 16.5. The van der Waals surface area contributed by atoms with Crippen molar-refractivity contribution in [3.05, 3.63) is 23.3 Å². The summed E-state index contributed by atoms with van der Waals surface area (Å²) in [7, 11) is 0. The number of hydrogen-bond acceptors (Lipinski definition) is 4. The number of imide groups is 1. The van der Waals surface area contributed by atoms with Gasteiger partial charge in [-0.1, -0.05) is 6.07 Å². The summed E-state index contributed by atoms with van der Waals surface area (Å²) in [5.41, 5.74) is 8.73. The number of nitrogen functional groups attached to an aromatic ring is 1. The van der Waals surface area contributed by atoms with Gasteiger partial charge in [0, 0.05) is 5.69 Å². The van der Waals surface area contributed by atoms with Gasteiger partial charge in [-0.15, -0.1) is 0 Å². The van der Waals surface area contributed by atoms with Crippen LogP contribution in [-0.4, -0.2) is 24.0 Å². The molecule has 2 atom stereocenters. The van der Waals surface area contributed by atoms with Gasteiger partial charge in [0.05, 0.1) is 5.69 Å². The Bertz CT molecular complexity index is 560. The van der Waals surface area contributed by atoms with E-state index in [1.54, 1.807) is 6.07 Å². The molecule has 0 aliphatic carbocycles. The summed E-state index contributed by atoms with van der Waals surface area (Å²) in [5, 5.41) is 0. The van der Waals surface area contributed by atoms with Crippen molar-refractivity contribution < 1.29 is 14.3 Å². The van der Waals surface area contributed by atoms with E-state index in [1.165, 1.54) is 4.90 Å². The minimum Gasteiger partial charge on any atom is -0.398 e. The van der Waals surface area contributed by atoms with Crippen LogP contribution in [0.2, 0.25) is 0 Å². The highest BCUT2D eigenvalue weighted by Crippen LogP contribution is 2.36. The molecule has 5 heteroatoms. The molecule has 0 saturated carbocycles. The van der Waals surface area contributed by atoms with Crippen LogP contribution in [0, 0.1) is 13.8 Å². The Kier molecular flexibility index (Phi) is 2.60. The van der Waals surface area contributed by atoms with Crippen LogP contribution in [0.1, 0.15) is 24.0 Å². The van der Waals surface area contributed by atoms with E-state index in [-0.39, 0.29) is 11.8 Å². The van der Waals surface area contributed by atoms with Crippen molar-refractivity contribution in [2.24, 2.45) is 0 Å². The summed E-state index contributed by atoms with van der Waals surface area (Å²) in [6.45, 7) is 3.70. The first kappa shape index (κ1) is 12.2. The van der Waals surface area contributed by atoms with Crippen LogP contribution in [0.15, 0.2) is 12.1 Å². The molecular formula is C14H16N2O3. The number of rotatable bonds is 1. The van der Waals surface area contributed by atoms with Gasteiger partial charge in [-0.25, -0.2) is 4.90 Å². The molecule has 2 heterocycles. The molecule has 2 N–H and O–H groups in total. The molecule has 2 aliphatic heterocycles. The van der Waals surface area contributed by atoms with Gasteiger partial charge in [-0.05, 0) is 43.9 Å². The standard InChI is InChI=1S/C14H16N2O3/c1-7-3-4-9(15)8(2)12(7)16-13(17)10-5-6-11(19-10)14(16)18/h3-4,10-11H,5-6,15H2,1-2H3. The molecule has 2 fully saturated rings. The number of carbonyl (C=O) groups is 2. The van der Waals surface area contributed by atoms with Gasteiger partial charge < -0.3 is 10.5 Å². The van der Waals surface area contributed by atoms with E-state index in [2.05, 4.69) is 0 Å². The van der Waals surface area contributed by atoms with E-state index in [9.17, 15) is 9.59 Å². The fourth-order valence-electron chi connectivity index (χ4n) is 2.81. The predicted octanol–water partition coefficient (Wildman–Crippen LogP) is 1.31. The van der Waals surface area contributed by atoms with Crippen molar-refractivity contribution in [1.29, 1.82) is 0 Å². The Balaban J connectivity index is 2.14. The number of aryl methyl sites for hydroxylation is 1. The van der Waals surface area contributed by atoms with Crippen LogP contribution in [0.5, 0.6) is 0 Å². The highest BCUT2D eigenvalue weighted by Gasteiger charge is 2.47. The smallest absolute Gasteiger partial charge is 0.263 e. The summed E-state index contributed by atoms with van der Waals surface area (Å²) >= 11 is 0. The summed E-state index contributed by atoms with van der Waals surface area (Å²) in [6.07, 6.45) is 0.268. The molecule has 1 aromatic carbocycles. The first-order chi connectivity index (χ1) is 9.00. The predicted molar refractivity (Wildman–Crippen MR) is 70.7 cm³/mol. The molecule has 2 amide bonds. The Morgan fingerprint density at radius 2 is 1.74 bits per heavy atom. The van der Waals surface area contributed by atoms with E-state index in [0.717, 1.165) is 11.1 Å². The zero-order valence-electron chi connectivity index (χ0n) is 11.0. The number of hydrogen-bond donors (Lipinski definition) is 1. The van der Waals surface area contributed by atoms with Gasteiger partial charge in [-0.2, -0.15) is 0 Å². The molecule has 2 bridgehead atoms. The molecule has 0 spiro atoms. The molecule has 0 aromatic heterocycles. The number of amides is 2. The van der Waals surface area contributed by atoms with Gasteiger partial charge in [0.25, 0.3) is 11.8 Å². The first-order valence-corrected chi connectivity index (χ1v) is 6.39. The van der Waals surface area contributed by atoms with Gasteiger partial charge in [0.2, 0.25) is 0 Å². The maximum absolute atomic E-state index is 12.3. The zero-order chi connectivity index (χ0) is 13.7. The molecule has 100 valence electrons. The van der Waals surface area contributed by atoms with Crippen LogP contribution in [0.4, 0.5) is 11.4 Å².